The first-order valence-electron chi connectivity index (χ1n) is 9.05. The summed E-state index contributed by atoms with van der Waals surface area (Å²) >= 11 is 12.0. The third-order valence-electron chi connectivity index (χ3n) is 4.91. The molecule has 2 aromatic carbocycles. The number of para-hydroxylation sites is 1. The number of carbonyl (C=O) groups is 1. The van der Waals surface area contributed by atoms with Crippen LogP contribution in [0, 0.1) is 0 Å². The Morgan fingerprint density at radius 1 is 0.967 bits per heavy atom. The van der Waals surface area contributed by atoms with Crippen molar-refractivity contribution in [3.63, 3.8) is 0 Å². The van der Waals surface area contributed by atoms with Crippen LogP contribution in [0.15, 0.2) is 62.6 Å². The lowest BCUT2D eigenvalue weighted by atomic mass is 10.1. The average molecular weight is 467 g/mol. The molecule has 0 spiro atoms. The molecule has 0 N–H and O–H groups in total. The summed E-state index contributed by atoms with van der Waals surface area (Å²) in [7, 11) is -3.87. The number of sulfonamides is 1. The predicted molar refractivity (Wildman–Crippen MR) is 114 cm³/mol. The molecule has 10 heteroatoms. The summed E-state index contributed by atoms with van der Waals surface area (Å²) in [5, 5.41) is 0.971. The van der Waals surface area contributed by atoms with Crippen molar-refractivity contribution >= 4 is 50.1 Å². The molecule has 3 aromatic rings. The molecule has 0 aliphatic carbocycles. The zero-order valence-electron chi connectivity index (χ0n) is 15.5. The van der Waals surface area contributed by atoms with E-state index in [2.05, 4.69) is 0 Å². The van der Waals surface area contributed by atoms with Gasteiger partial charge in [-0.25, -0.2) is 13.2 Å². The molecule has 1 fully saturated rings. The van der Waals surface area contributed by atoms with E-state index >= 15 is 0 Å². The van der Waals surface area contributed by atoms with E-state index in [-0.39, 0.29) is 46.7 Å². The Hall–Kier alpha value is -2.39. The molecule has 4 rings (SSSR count). The van der Waals surface area contributed by atoms with Gasteiger partial charge in [0.1, 0.15) is 16.0 Å². The lowest BCUT2D eigenvalue weighted by Gasteiger charge is -2.34. The van der Waals surface area contributed by atoms with E-state index in [1.165, 1.54) is 33.5 Å². The summed E-state index contributed by atoms with van der Waals surface area (Å²) in [6, 6.07) is 12.6. The Morgan fingerprint density at radius 3 is 2.40 bits per heavy atom. The van der Waals surface area contributed by atoms with Crippen LogP contribution in [0.1, 0.15) is 10.4 Å². The van der Waals surface area contributed by atoms with Crippen LogP contribution in [0.25, 0.3) is 11.0 Å². The van der Waals surface area contributed by atoms with Crippen LogP contribution in [0.5, 0.6) is 0 Å². The van der Waals surface area contributed by atoms with Crippen molar-refractivity contribution in [2.24, 2.45) is 0 Å². The molecule has 0 radical (unpaired) electrons. The number of benzene rings is 2. The van der Waals surface area contributed by atoms with Crippen molar-refractivity contribution in [1.82, 2.24) is 9.21 Å². The third-order valence-corrected chi connectivity index (χ3v) is 7.52. The number of amides is 1. The van der Waals surface area contributed by atoms with E-state index in [1.807, 2.05) is 0 Å². The maximum atomic E-state index is 12.9. The largest absolute Gasteiger partial charge is 0.422 e. The number of nitrogens with zero attached hydrogens (tertiary/aromatic N) is 2. The van der Waals surface area contributed by atoms with Gasteiger partial charge in [-0.15, -0.1) is 0 Å². The fraction of sp³-hybridized carbons (Fsp3) is 0.200. The highest BCUT2D eigenvalue weighted by molar-refractivity contribution is 7.89. The molecule has 2 heterocycles. The van der Waals surface area contributed by atoms with Crippen molar-refractivity contribution < 1.29 is 17.6 Å². The molecule has 0 unspecified atom stereocenters. The van der Waals surface area contributed by atoms with E-state index in [0.717, 1.165) is 0 Å². The summed E-state index contributed by atoms with van der Waals surface area (Å²) in [6.07, 6.45) is 0. The van der Waals surface area contributed by atoms with Gasteiger partial charge in [-0.05, 0) is 30.3 Å². The Balaban J connectivity index is 1.53. The Labute approximate surface area is 182 Å². The Kier molecular flexibility index (Phi) is 5.59. The topological polar surface area (TPSA) is 87.9 Å². The standard InChI is InChI=1S/C20H16Cl2N2O5S/c21-14-5-6-16(22)18(12-14)30(27,28)24-9-7-23(8-10-24)19(25)15-11-13-3-1-2-4-17(13)29-20(15)26/h1-6,11-12H,7-10H2. The lowest BCUT2D eigenvalue weighted by Crippen LogP contribution is -2.51. The number of carbonyl (C=O) groups excluding carboxylic acids is 1. The van der Waals surface area contributed by atoms with Crippen molar-refractivity contribution in [3.8, 4) is 0 Å². The van der Waals surface area contributed by atoms with Gasteiger partial charge in [0.15, 0.2) is 0 Å². The second kappa shape index (κ2) is 8.03. The van der Waals surface area contributed by atoms with E-state index < -0.39 is 21.6 Å². The first-order valence-corrected chi connectivity index (χ1v) is 11.2. The van der Waals surface area contributed by atoms with Gasteiger partial charge in [0.25, 0.3) is 5.91 Å². The highest BCUT2D eigenvalue weighted by Gasteiger charge is 2.32. The van der Waals surface area contributed by atoms with Crippen LogP contribution in [0.3, 0.4) is 0 Å². The van der Waals surface area contributed by atoms with Gasteiger partial charge in [-0.2, -0.15) is 4.31 Å². The molecule has 0 saturated carbocycles. The molecule has 1 aromatic heterocycles. The van der Waals surface area contributed by atoms with Crippen LogP contribution >= 0.6 is 23.2 Å². The first kappa shape index (κ1) is 20.9. The lowest BCUT2D eigenvalue weighted by molar-refractivity contribution is 0.0694. The molecule has 30 heavy (non-hydrogen) atoms. The summed E-state index contributed by atoms with van der Waals surface area (Å²) < 4.78 is 32.3. The third kappa shape index (κ3) is 3.83. The van der Waals surface area contributed by atoms with Crippen LogP contribution in [0.4, 0.5) is 0 Å². The minimum Gasteiger partial charge on any atom is -0.422 e. The summed E-state index contributed by atoms with van der Waals surface area (Å²) in [6.45, 7) is 0.386. The van der Waals surface area contributed by atoms with Crippen LogP contribution in [0.2, 0.25) is 10.0 Å². The minimum atomic E-state index is -3.87. The predicted octanol–water partition coefficient (Wildman–Crippen LogP) is 3.25. The normalized spacial score (nSPS) is 15.5. The number of halogens is 2. The van der Waals surface area contributed by atoms with E-state index in [4.69, 9.17) is 27.6 Å². The highest BCUT2D eigenvalue weighted by Crippen LogP contribution is 2.28. The molecule has 7 nitrogen and oxygen atoms in total. The monoisotopic (exact) mass is 466 g/mol. The SMILES string of the molecule is O=C(c1cc2ccccc2oc1=O)N1CCN(S(=O)(=O)c2cc(Cl)ccc2Cl)CC1. The summed E-state index contributed by atoms with van der Waals surface area (Å²) in [5.41, 5.74) is -0.407. The molecular weight excluding hydrogens is 451 g/mol. The number of rotatable bonds is 3. The minimum absolute atomic E-state index is 0.0653. The maximum absolute atomic E-state index is 12.9. The second-order valence-electron chi connectivity index (χ2n) is 6.76. The number of fused-ring (bicyclic) bond motifs is 1. The number of piperazine rings is 1. The fourth-order valence-electron chi connectivity index (χ4n) is 3.33. The van der Waals surface area contributed by atoms with Crippen LogP contribution < -0.4 is 5.63 Å². The zero-order chi connectivity index (χ0) is 21.5. The Bertz CT molecular complexity index is 1300. The van der Waals surface area contributed by atoms with Gasteiger partial charge < -0.3 is 9.32 Å². The fourth-order valence-corrected chi connectivity index (χ4v) is 5.49. The highest BCUT2D eigenvalue weighted by atomic mass is 35.5. The molecule has 0 atom stereocenters. The van der Waals surface area contributed by atoms with Gasteiger partial charge in [0.2, 0.25) is 10.0 Å². The molecule has 1 aliphatic heterocycles. The average Bonchev–Trinajstić information content (AvgIpc) is 2.74. The van der Waals surface area contributed by atoms with Crippen molar-refractivity contribution in [3.05, 3.63) is 74.6 Å². The summed E-state index contributed by atoms with van der Waals surface area (Å²) in [5.74, 6) is -0.493. The molecular formula is C20H16Cl2N2O5S. The van der Waals surface area contributed by atoms with Gasteiger partial charge >= 0.3 is 5.63 Å². The molecule has 156 valence electrons. The first-order chi connectivity index (χ1) is 14.3. The van der Waals surface area contributed by atoms with E-state index in [1.54, 1.807) is 24.3 Å². The van der Waals surface area contributed by atoms with Gasteiger partial charge in [-0.3, -0.25) is 4.79 Å². The summed E-state index contributed by atoms with van der Waals surface area (Å²) in [4.78, 5) is 26.5. The van der Waals surface area contributed by atoms with Gasteiger partial charge in [-0.1, -0.05) is 41.4 Å². The quantitative estimate of drug-likeness (QED) is 0.552. The van der Waals surface area contributed by atoms with Crippen LogP contribution in [-0.4, -0.2) is 49.7 Å². The number of hydrogen-bond donors (Lipinski definition) is 0. The van der Waals surface area contributed by atoms with E-state index in [0.29, 0.717) is 11.0 Å². The van der Waals surface area contributed by atoms with Crippen LogP contribution in [-0.2, 0) is 10.0 Å². The Morgan fingerprint density at radius 2 is 1.67 bits per heavy atom. The molecule has 1 saturated heterocycles. The van der Waals surface area contributed by atoms with Gasteiger partial charge in [0, 0.05) is 36.6 Å². The second-order valence-corrected chi connectivity index (χ2v) is 9.51. The zero-order valence-corrected chi connectivity index (χ0v) is 17.9. The molecule has 1 aliphatic rings. The smallest absolute Gasteiger partial charge is 0.349 e. The van der Waals surface area contributed by atoms with Gasteiger partial charge in [0.05, 0.1) is 5.02 Å². The van der Waals surface area contributed by atoms with E-state index in [9.17, 15) is 18.0 Å². The molecule has 0 bridgehead atoms. The van der Waals surface area contributed by atoms with Crippen molar-refractivity contribution in [2.75, 3.05) is 26.2 Å². The van der Waals surface area contributed by atoms with Crippen molar-refractivity contribution in [2.45, 2.75) is 4.90 Å². The van der Waals surface area contributed by atoms with Crippen molar-refractivity contribution in [1.29, 1.82) is 0 Å². The maximum Gasteiger partial charge on any atom is 0.349 e. The number of hydrogen-bond acceptors (Lipinski definition) is 5. The molecule has 1 amide bonds.